The van der Waals surface area contributed by atoms with Crippen molar-refractivity contribution in [3.05, 3.63) is 64.4 Å². The average molecular weight is 460 g/mol. The molecule has 1 atom stereocenters. The van der Waals surface area contributed by atoms with Gasteiger partial charge in [0.15, 0.2) is 0 Å². The summed E-state index contributed by atoms with van der Waals surface area (Å²) in [6.45, 7) is 6.18. The Kier molecular flexibility index (Phi) is 7.88. The number of amides is 2. The van der Waals surface area contributed by atoms with Gasteiger partial charge in [-0.2, -0.15) is 0 Å². The van der Waals surface area contributed by atoms with Crippen molar-refractivity contribution in [2.24, 2.45) is 0 Å². The fraction of sp³-hybridized carbons (Fsp3) is 0.333. The van der Waals surface area contributed by atoms with Crippen LogP contribution in [-0.4, -0.2) is 54.4 Å². The fourth-order valence-corrected chi connectivity index (χ4v) is 4.01. The number of rotatable bonds is 6. The number of ether oxygens (including phenoxy) is 1. The Hall–Kier alpha value is -2.90. The molecular weight excluding hydrogens is 433 g/mol. The summed E-state index contributed by atoms with van der Waals surface area (Å²) in [5.74, 6) is -0.139. The topological polar surface area (TPSA) is 61.9 Å². The number of hydrogen-bond acceptors (Lipinski definition) is 4. The molecule has 1 heterocycles. The predicted molar refractivity (Wildman–Crippen MR) is 124 cm³/mol. The molecule has 1 fully saturated rings. The Morgan fingerprint density at radius 1 is 1.25 bits per heavy atom. The van der Waals surface area contributed by atoms with Gasteiger partial charge in [-0.3, -0.25) is 14.5 Å². The second-order valence-corrected chi connectivity index (χ2v) is 8.24. The van der Waals surface area contributed by atoms with Gasteiger partial charge >= 0.3 is 0 Å². The molecule has 2 aromatic rings. The lowest BCUT2D eigenvalue weighted by Gasteiger charge is -2.39. The van der Waals surface area contributed by atoms with E-state index in [0.29, 0.717) is 35.1 Å². The molecule has 1 aliphatic heterocycles. The summed E-state index contributed by atoms with van der Waals surface area (Å²) >= 11 is 6.17. The molecule has 32 heavy (non-hydrogen) atoms. The molecule has 1 N–H and O–H groups in total. The number of halogens is 2. The van der Waals surface area contributed by atoms with Crippen molar-refractivity contribution in [1.29, 1.82) is 0 Å². The summed E-state index contributed by atoms with van der Waals surface area (Å²) in [4.78, 5) is 28.5. The first-order chi connectivity index (χ1) is 15.3. The van der Waals surface area contributed by atoms with E-state index in [2.05, 4.69) is 10.2 Å². The van der Waals surface area contributed by atoms with Crippen molar-refractivity contribution in [3.63, 3.8) is 0 Å². The quantitative estimate of drug-likeness (QED) is 0.658. The average Bonchev–Trinajstić information content (AvgIpc) is 2.74. The van der Waals surface area contributed by atoms with Gasteiger partial charge in [0.05, 0.1) is 12.1 Å². The number of benzene rings is 2. The standard InChI is InChI=1S/C24H27ClFN3O3/c1-16-14-28(15-18-4-7-20(26)8-5-18)10-11-29(16)24(31)9-6-19-12-23(32-3)21(25)13-22(19)27-17(2)30/h4-9,12-13,16H,10-11,14-15H2,1-3H3,(H,27,30)/t16-/m1/s1. The lowest BCUT2D eigenvalue weighted by molar-refractivity contribution is -0.130. The van der Waals surface area contributed by atoms with E-state index in [0.717, 1.165) is 18.7 Å². The van der Waals surface area contributed by atoms with Crippen molar-refractivity contribution in [3.8, 4) is 5.75 Å². The number of anilines is 1. The highest BCUT2D eigenvalue weighted by molar-refractivity contribution is 6.32. The number of carbonyl (C=O) groups excluding carboxylic acids is 2. The van der Waals surface area contributed by atoms with E-state index in [-0.39, 0.29) is 23.7 Å². The zero-order valence-corrected chi connectivity index (χ0v) is 19.2. The summed E-state index contributed by atoms with van der Waals surface area (Å²) in [6.07, 6.45) is 3.16. The Bertz CT molecular complexity index is 1010. The van der Waals surface area contributed by atoms with Gasteiger partial charge in [-0.15, -0.1) is 0 Å². The molecule has 0 spiro atoms. The Morgan fingerprint density at radius 3 is 2.59 bits per heavy atom. The fourth-order valence-electron chi connectivity index (χ4n) is 3.77. The van der Waals surface area contributed by atoms with Crippen molar-refractivity contribution in [1.82, 2.24) is 9.80 Å². The number of hydrogen-bond donors (Lipinski definition) is 1. The van der Waals surface area contributed by atoms with Crippen LogP contribution in [0.5, 0.6) is 5.75 Å². The summed E-state index contributed by atoms with van der Waals surface area (Å²) < 4.78 is 18.4. The second kappa shape index (κ2) is 10.6. The number of carbonyl (C=O) groups is 2. The normalized spacial score (nSPS) is 16.9. The minimum Gasteiger partial charge on any atom is -0.495 e. The molecule has 1 aliphatic rings. The lowest BCUT2D eigenvalue weighted by Crippen LogP contribution is -2.53. The SMILES string of the molecule is COc1cc(C=CC(=O)N2CCN(Cc3ccc(F)cc3)C[C@H]2C)c(NC(C)=O)cc1Cl. The summed E-state index contributed by atoms with van der Waals surface area (Å²) in [7, 11) is 1.50. The van der Waals surface area contributed by atoms with Gasteiger partial charge in [-0.05, 0) is 42.8 Å². The molecule has 3 rings (SSSR count). The molecule has 0 bridgehead atoms. The minimum atomic E-state index is -0.246. The van der Waals surface area contributed by atoms with Crippen molar-refractivity contribution in [2.75, 3.05) is 32.1 Å². The van der Waals surface area contributed by atoms with Gasteiger partial charge in [0, 0.05) is 56.5 Å². The van der Waals surface area contributed by atoms with Crippen molar-refractivity contribution in [2.45, 2.75) is 26.4 Å². The second-order valence-electron chi connectivity index (χ2n) is 7.83. The zero-order chi connectivity index (χ0) is 23.3. The van der Waals surface area contributed by atoms with Gasteiger partial charge < -0.3 is 15.0 Å². The highest BCUT2D eigenvalue weighted by Crippen LogP contribution is 2.32. The molecular formula is C24H27ClFN3O3. The Morgan fingerprint density at radius 2 is 1.97 bits per heavy atom. The number of piperazine rings is 1. The molecule has 2 amide bonds. The van der Waals surface area contributed by atoms with E-state index in [1.54, 1.807) is 30.3 Å². The largest absolute Gasteiger partial charge is 0.495 e. The third-order valence-corrected chi connectivity index (χ3v) is 5.65. The Balaban J connectivity index is 1.67. The minimum absolute atomic E-state index is 0.0240. The lowest BCUT2D eigenvalue weighted by atomic mass is 10.1. The maximum atomic E-state index is 13.1. The Labute approximate surface area is 192 Å². The van der Waals surface area contributed by atoms with Crippen LogP contribution in [0.4, 0.5) is 10.1 Å². The molecule has 0 radical (unpaired) electrons. The van der Waals surface area contributed by atoms with Crippen molar-refractivity contribution < 1.29 is 18.7 Å². The van der Waals surface area contributed by atoms with E-state index < -0.39 is 0 Å². The summed E-state index contributed by atoms with van der Waals surface area (Å²) in [5, 5.41) is 3.09. The highest BCUT2D eigenvalue weighted by Gasteiger charge is 2.26. The predicted octanol–water partition coefficient (Wildman–Crippen LogP) is 4.19. The van der Waals surface area contributed by atoms with Crippen LogP contribution in [0.15, 0.2) is 42.5 Å². The molecule has 170 valence electrons. The third-order valence-electron chi connectivity index (χ3n) is 5.35. The maximum absolute atomic E-state index is 13.1. The molecule has 2 aromatic carbocycles. The molecule has 0 aromatic heterocycles. The zero-order valence-electron chi connectivity index (χ0n) is 18.4. The van der Waals surface area contributed by atoms with Crippen LogP contribution < -0.4 is 10.1 Å². The summed E-state index contributed by atoms with van der Waals surface area (Å²) in [6, 6.07) is 9.80. The first-order valence-electron chi connectivity index (χ1n) is 10.4. The monoisotopic (exact) mass is 459 g/mol. The third kappa shape index (κ3) is 6.08. The van der Waals surface area contributed by atoms with E-state index in [9.17, 15) is 14.0 Å². The van der Waals surface area contributed by atoms with Crippen LogP contribution in [0.3, 0.4) is 0 Å². The molecule has 8 heteroatoms. The number of methoxy groups -OCH3 is 1. The molecule has 0 saturated carbocycles. The van der Waals surface area contributed by atoms with Gasteiger partial charge in [-0.25, -0.2) is 4.39 Å². The van der Waals surface area contributed by atoms with Gasteiger partial charge in [0.1, 0.15) is 11.6 Å². The van der Waals surface area contributed by atoms with Crippen LogP contribution in [0.25, 0.3) is 6.08 Å². The van der Waals surface area contributed by atoms with E-state index >= 15 is 0 Å². The first kappa shape index (κ1) is 23.8. The van der Waals surface area contributed by atoms with Crippen LogP contribution in [0, 0.1) is 5.82 Å². The van der Waals surface area contributed by atoms with E-state index in [1.807, 2.05) is 11.8 Å². The van der Waals surface area contributed by atoms with Crippen LogP contribution in [0.1, 0.15) is 25.0 Å². The number of nitrogens with one attached hydrogen (secondary N) is 1. The number of nitrogens with zero attached hydrogens (tertiary/aromatic N) is 2. The highest BCUT2D eigenvalue weighted by atomic mass is 35.5. The maximum Gasteiger partial charge on any atom is 0.246 e. The van der Waals surface area contributed by atoms with E-state index in [1.165, 1.54) is 32.2 Å². The molecule has 0 unspecified atom stereocenters. The first-order valence-corrected chi connectivity index (χ1v) is 10.7. The molecule has 6 nitrogen and oxygen atoms in total. The van der Waals surface area contributed by atoms with Gasteiger partial charge in [0.25, 0.3) is 0 Å². The smallest absolute Gasteiger partial charge is 0.246 e. The van der Waals surface area contributed by atoms with E-state index in [4.69, 9.17) is 16.3 Å². The van der Waals surface area contributed by atoms with Crippen molar-refractivity contribution >= 4 is 35.2 Å². The molecule has 1 saturated heterocycles. The van der Waals surface area contributed by atoms with Crippen LogP contribution in [-0.2, 0) is 16.1 Å². The van der Waals surface area contributed by atoms with Gasteiger partial charge in [-0.1, -0.05) is 23.7 Å². The van der Waals surface area contributed by atoms with Crippen LogP contribution >= 0.6 is 11.6 Å². The van der Waals surface area contributed by atoms with Gasteiger partial charge in [0.2, 0.25) is 11.8 Å². The van der Waals surface area contributed by atoms with Crippen LogP contribution in [0.2, 0.25) is 5.02 Å². The summed E-state index contributed by atoms with van der Waals surface area (Å²) in [5.41, 5.74) is 2.17. The molecule has 0 aliphatic carbocycles.